The predicted octanol–water partition coefficient (Wildman–Crippen LogP) is 4.14. The summed E-state index contributed by atoms with van der Waals surface area (Å²) in [6, 6.07) is 12.7. The Morgan fingerprint density at radius 2 is 1.93 bits per heavy atom. The van der Waals surface area contributed by atoms with Crippen molar-refractivity contribution in [2.75, 3.05) is 13.2 Å². The van der Waals surface area contributed by atoms with E-state index >= 15 is 0 Å². The summed E-state index contributed by atoms with van der Waals surface area (Å²) in [5.41, 5.74) is 2.12. The van der Waals surface area contributed by atoms with Crippen LogP contribution in [0.25, 0.3) is 22.0 Å². The summed E-state index contributed by atoms with van der Waals surface area (Å²) in [6.07, 6.45) is 0.848. The summed E-state index contributed by atoms with van der Waals surface area (Å²) in [4.78, 5) is 17.0. The molecule has 152 valence electrons. The molecule has 4 heterocycles. The molecule has 8 heteroatoms. The maximum atomic E-state index is 12.4. The van der Waals surface area contributed by atoms with Crippen molar-refractivity contribution < 1.29 is 13.9 Å². The molecule has 0 unspecified atom stereocenters. The molecule has 1 aliphatic rings. The van der Waals surface area contributed by atoms with Crippen molar-refractivity contribution in [3.05, 3.63) is 69.7 Å². The summed E-state index contributed by atoms with van der Waals surface area (Å²) in [6.45, 7) is 3.44. The lowest BCUT2D eigenvalue weighted by Gasteiger charge is -2.10. The zero-order chi connectivity index (χ0) is 20.5. The number of fused-ring (bicyclic) bond motifs is 1. The van der Waals surface area contributed by atoms with Gasteiger partial charge < -0.3 is 13.9 Å². The second-order valence-electron chi connectivity index (χ2n) is 6.98. The lowest BCUT2D eigenvalue weighted by Crippen LogP contribution is -2.23. The van der Waals surface area contributed by atoms with Crippen molar-refractivity contribution in [2.45, 2.75) is 19.9 Å². The molecule has 0 fully saturated rings. The SMILES string of the molecule is Cc1ccc(-c2nc(Cn3nc(-c4ccc5c(c4)OCCCO5)ccc3=O)cs2)o1. The van der Waals surface area contributed by atoms with Gasteiger partial charge in [-0.3, -0.25) is 4.79 Å². The largest absolute Gasteiger partial charge is 0.490 e. The molecule has 0 radical (unpaired) electrons. The van der Waals surface area contributed by atoms with E-state index in [1.54, 1.807) is 6.07 Å². The fourth-order valence-corrected chi connectivity index (χ4v) is 4.01. The minimum Gasteiger partial charge on any atom is -0.490 e. The molecule has 1 aliphatic heterocycles. The van der Waals surface area contributed by atoms with E-state index in [0.717, 1.165) is 40.0 Å². The van der Waals surface area contributed by atoms with Crippen LogP contribution >= 0.6 is 11.3 Å². The first-order valence-corrected chi connectivity index (χ1v) is 10.5. The fraction of sp³-hybridized carbons (Fsp3) is 0.227. The predicted molar refractivity (Wildman–Crippen MR) is 113 cm³/mol. The molecule has 0 saturated carbocycles. The van der Waals surface area contributed by atoms with Crippen LogP contribution < -0.4 is 15.0 Å². The van der Waals surface area contributed by atoms with Crippen LogP contribution in [0.3, 0.4) is 0 Å². The smallest absolute Gasteiger partial charge is 0.267 e. The second kappa shape index (κ2) is 7.79. The van der Waals surface area contributed by atoms with Crippen LogP contribution in [0.4, 0.5) is 0 Å². The Morgan fingerprint density at radius 1 is 1.07 bits per heavy atom. The summed E-state index contributed by atoms with van der Waals surface area (Å²) >= 11 is 1.48. The van der Waals surface area contributed by atoms with Gasteiger partial charge in [0.05, 0.1) is 31.1 Å². The van der Waals surface area contributed by atoms with Gasteiger partial charge in [-0.15, -0.1) is 11.3 Å². The van der Waals surface area contributed by atoms with Crippen molar-refractivity contribution in [1.29, 1.82) is 0 Å². The summed E-state index contributed by atoms with van der Waals surface area (Å²) in [5.74, 6) is 2.99. The van der Waals surface area contributed by atoms with Gasteiger partial charge in [-0.1, -0.05) is 0 Å². The molecule has 3 aromatic heterocycles. The molecule has 4 aromatic rings. The molecule has 5 rings (SSSR count). The van der Waals surface area contributed by atoms with E-state index in [1.165, 1.54) is 22.1 Å². The monoisotopic (exact) mass is 421 g/mol. The van der Waals surface area contributed by atoms with Gasteiger partial charge in [-0.2, -0.15) is 5.10 Å². The van der Waals surface area contributed by atoms with E-state index in [4.69, 9.17) is 13.9 Å². The van der Waals surface area contributed by atoms with Gasteiger partial charge in [-0.25, -0.2) is 9.67 Å². The number of furan rings is 1. The van der Waals surface area contributed by atoms with E-state index < -0.39 is 0 Å². The molecular formula is C22H19N3O4S. The number of aryl methyl sites for hydroxylation is 1. The van der Waals surface area contributed by atoms with Crippen LogP contribution in [0, 0.1) is 6.92 Å². The fourth-order valence-electron chi connectivity index (χ4n) is 3.23. The third kappa shape index (κ3) is 3.73. The third-order valence-corrected chi connectivity index (χ3v) is 5.63. The summed E-state index contributed by atoms with van der Waals surface area (Å²) in [7, 11) is 0. The van der Waals surface area contributed by atoms with Crippen LogP contribution in [0.2, 0.25) is 0 Å². The van der Waals surface area contributed by atoms with Crippen LogP contribution in [-0.4, -0.2) is 28.0 Å². The summed E-state index contributed by atoms with van der Waals surface area (Å²) < 4.78 is 18.5. The van der Waals surface area contributed by atoms with E-state index in [0.29, 0.717) is 24.7 Å². The number of aromatic nitrogens is 3. The molecule has 0 N–H and O–H groups in total. The first-order valence-electron chi connectivity index (χ1n) is 9.65. The number of hydrogen-bond acceptors (Lipinski definition) is 7. The normalized spacial score (nSPS) is 13.2. The molecule has 0 amide bonds. The lowest BCUT2D eigenvalue weighted by atomic mass is 10.1. The highest BCUT2D eigenvalue weighted by atomic mass is 32.1. The average Bonchev–Trinajstić information content (AvgIpc) is 3.32. The zero-order valence-electron chi connectivity index (χ0n) is 16.3. The van der Waals surface area contributed by atoms with Crippen LogP contribution in [-0.2, 0) is 6.54 Å². The van der Waals surface area contributed by atoms with Gasteiger partial charge in [0, 0.05) is 23.4 Å². The molecule has 0 saturated heterocycles. The highest BCUT2D eigenvalue weighted by Gasteiger charge is 2.14. The second-order valence-corrected chi connectivity index (χ2v) is 7.84. The first kappa shape index (κ1) is 18.6. The van der Waals surface area contributed by atoms with Crippen molar-refractivity contribution in [2.24, 2.45) is 0 Å². The average molecular weight is 421 g/mol. The molecule has 0 atom stereocenters. The maximum absolute atomic E-state index is 12.4. The minimum atomic E-state index is -0.184. The highest BCUT2D eigenvalue weighted by Crippen LogP contribution is 2.33. The third-order valence-electron chi connectivity index (χ3n) is 4.72. The first-order chi connectivity index (χ1) is 14.7. The molecular weight excluding hydrogens is 402 g/mol. The molecule has 0 aliphatic carbocycles. The van der Waals surface area contributed by atoms with E-state index in [2.05, 4.69) is 10.1 Å². The minimum absolute atomic E-state index is 0.184. The van der Waals surface area contributed by atoms with Crippen molar-refractivity contribution in [3.63, 3.8) is 0 Å². The maximum Gasteiger partial charge on any atom is 0.267 e. The number of thiazole rings is 1. The van der Waals surface area contributed by atoms with E-state index in [1.807, 2.05) is 42.6 Å². The van der Waals surface area contributed by atoms with Crippen molar-refractivity contribution in [3.8, 4) is 33.5 Å². The van der Waals surface area contributed by atoms with Crippen LogP contribution in [0.15, 0.2) is 57.1 Å². The summed E-state index contributed by atoms with van der Waals surface area (Å²) in [5, 5.41) is 7.25. The molecule has 0 spiro atoms. The Hall–Kier alpha value is -3.39. The number of rotatable bonds is 4. The van der Waals surface area contributed by atoms with Crippen LogP contribution in [0.5, 0.6) is 11.5 Å². The Kier molecular flexibility index (Phi) is 4.84. The van der Waals surface area contributed by atoms with E-state index in [-0.39, 0.29) is 12.1 Å². The zero-order valence-corrected chi connectivity index (χ0v) is 17.1. The topological polar surface area (TPSA) is 79.4 Å². The highest BCUT2D eigenvalue weighted by molar-refractivity contribution is 7.13. The Balaban J connectivity index is 1.42. The Bertz CT molecular complexity index is 1260. The Labute approximate surface area is 176 Å². The number of nitrogens with zero attached hydrogens (tertiary/aromatic N) is 3. The van der Waals surface area contributed by atoms with E-state index in [9.17, 15) is 4.79 Å². The van der Waals surface area contributed by atoms with Crippen molar-refractivity contribution >= 4 is 11.3 Å². The van der Waals surface area contributed by atoms with Gasteiger partial charge in [0.1, 0.15) is 5.76 Å². The Morgan fingerprint density at radius 3 is 2.77 bits per heavy atom. The van der Waals surface area contributed by atoms with Gasteiger partial charge in [-0.05, 0) is 43.3 Å². The number of ether oxygens (including phenoxy) is 2. The number of hydrogen-bond donors (Lipinski definition) is 0. The van der Waals surface area contributed by atoms with Crippen LogP contribution in [0.1, 0.15) is 17.9 Å². The standard InChI is InChI=1S/C22H19N3O4S/c1-14-3-6-19(29-14)22-23-16(13-30-22)12-25-21(26)8-5-17(24-25)15-4-7-18-20(11-15)28-10-2-9-27-18/h3-8,11,13H,2,9-10,12H2,1H3. The van der Waals surface area contributed by atoms with Gasteiger partial charge >= 0.3 is 0 Å². The van der Waals surface area contributed by atoms with Gasteiger partial charge in [0.2, 0.25) is 0 Å². The van der Waals surface area contributed by atoms with Crippen molar-refractivity contribution in [1.82, 2.24) is 14.8 Å². The number of benzene rings is 1. The molecule has 1 aromatic carbocycles. The molecule has 30 heavy (non-hydrogen) atoms. The molecule has 0 bridgehead atoms. The van der Waals surface area contributed by atoms with Gasteiger partial charge in [0.15, 0.2) is 22.3 Å². The lowest BCUT2D eigenvalue weighted by molar-refractivity contribution is 0.297. The quantitative estimate of drug-likeness (QED) is 0.493. The van der Waals surface area contributed by atoms with Gasteiger partial charge in [0.25, 0.3) is 5.56 Å². The molecule has 7 nitrogen and oxygen atoms in total.